The number of hydrogen-bond acceptors (Lipinski definition) is 7. The van der Waals surface area contributed by atoms with Gasteiger partial charge in [0.05, 0.1) is 6.54 Å². The highest BCUT2D eigenvalue weighted by atomic mass is 32.1. The normalized spacial score (nSPS) is 13.9. The lowest BCUT2D eigenvalue weighted by Gasteiger charge is -2.27. The molecule has 0 atom stereocenters. The maximum absolute atomic E-state index is 12.6. The van der Waals surface area contributed by atoms with Gasteiger partial charge in [-0.25, -0.2) is 0 Å². The van der Waals surface area contributed by atoms with Crippen LogP contribution in [0.3, 0.4) is 0 Å². The Hall–Kier alpha value is -3.00. The Morgan fingerprint density at radius 3 is 2.50 bits per heavy atom. The number of thiophene rings is 1. The molecule has 1 N–H and O–H groups in total. The summed E-state index contributed by atoms with van der Waals surface area (Å²) in [5.41, 5.74) is 1.73. The van der Waals surface area contributed by atoms with E-state index in [0.29, 0.717) is 23.3 Å². The number of rotatable bonds is 6. The Balaban J connectivity index is 1.45. The van der Waals surface area contributed by atoms with Crippen molar-refractivity contribution in [3.05, 3.63) is 53.2 Å². The Morgan fingerprint density at radius 1 is 1.07 bits per heavy atom. The Morgan fingerprint density at radius 2 is 1.83 bits per heavy atom. The Labute approximate surface area is 180 Å². The average Bonchev–Trinajstić information content (AvgIpc) is 3.33. The Bertz CT molecular complexity index is 981. The molecule has 3 heterocycles. The highest BCUT2D eigenvalue weighted by Gasteiger charge is 2.17. The van der Waals surface area contributed by atoms with Gasteiger partial charge in [0.2, 0.25) is 11.9 Å². The summed E-state index contributed by atoms with van der Waals surface area (Å²) >= 11 is 1.68. The van der Waals surface area contributed by atoms with E-state index in [1.807, 2.05) is 54.7 Å². The molecule has 1 amide bonds. The number of hydrogen-bond donors (Lipinski definition) is 1. The zero-order valence-corrected chi connectivity index (χ0v) is 18.2. The van der Waals surface area contributed by atoms with Crippen molar-refractivity contribution in [2.45, 2.75) is 25.8 Å². The highest BCUT2D eigenvalue weighted by Crippen LogP contribution is 2.24. The Kier molecular flexibility index (Phi) is 6.23. The van der Waals surface area contributed by atoms with E-state index in [-0.39, 0.29) is 12.5 Å². The maximum Gasteiger partial charge on any atom is 0.251 e. The second kappa shape index (κ2) is 9.21. The molecular formula is C22H26N6OS. The molecule has 156 valence electrons. The molecule has 8 heteroatoms. The van der Waals surface area contributed by atoms with Crippen molar-refractivity contribution in [1.82, 2.24) is 20.3 Å². The quantitative estimate of drug-likeness (QED) is 0.654. The summed E-state index contributed by atoms with van der Waals surface area (Å²) in [7, 11) is 3.82. The summed E-state index contributed by atoms with van der Waals surface area (Å²) in [6.45, 7) is 2.17. The van der Waals surface area contributed by atoms with E-state index in [9.17, 15) is 4.79 Å². The topological polar surface area (TPSA) is 74.2 Å². The van der Waals surface area contributed by atoms with Crippen LogP contribution in [0.5, 0.6) is 0 Å². The summed E-state index contributed by atoms with van der Waals surface area (Å²) in [6.07, 6.45) is 3.54. The van der Waals surface area contributed by atoms with Gasteiger partial charge in [-0.2, -0.15) is 15.0 Å². The third kappa shape index (κ3) is 4.76. The van der Waals surface area contributed by atoms with Gasteiger partial charge in [-0.15, -0.1) is 11.3 Å². The van der Waals surface area contributed by atoms with Gasteiger partial charge in [0.1, 0.15) is 0 Å². The van der Waals surface area contributed by atoms with E-state index in [4.69, 9.17) is 0 Å². The number of carbonyl (C=O) groups excluding carboxylic acids is 1. The molecule has 3 aromatic rings. The van der Waals surface area contributed by atoms with Gasteiger partial charge < -0.3 is 15.1 Å². The van der Waals surface area contributed by atoms with Crippen molar-refractivity contribution in [3.63, 3.8) is 0 Å². The molecule has 0 saturated carbocycles. The number of nitrogens with zero attached hydrogens (tertiary/aromatic N) is 5. The fraction of sp³-hybridized carbons (Fsp3) is 0.364. The number of benzene rings is 1. The lowest BCUT2D eigenvalue weighted by Crippen LogP contribution is -2.32. The predicted molar refractivity (Wildman–Crippen MR) is 121 cm³/mol. The van der Waals surface area contributed by atoms with Crippen LogP contribution in [-0.2, 0) is 6.54 Å². The van der Waals surface area contributed by atoms with Crippen LogP contribution in [0.1, 0.15) is 35.4 Å². The van der Waals surface area contributed by atoms with Gasteiger partial charge in [0.25, 0.3) is 5.91 Å². The molecule has 1 aliphatic heterocycles. The fourth-order valence-corrected chi connectivity index (χ4v) is 4.13. The van der Waals surface area contributed by atoms with Crippen LogP contribution < -0.4 is 15.1 Å². The second-order valence-electron chi connectivity index (χ2n) is 7.53. The summed E-state index contributed by atoms with van der Waals surface area (Å²) in [5.74, 6) is 1.73. The first-order chi connectivity index (χ1) is 14.6. The van der Waals surface area contributed by atoms with Crippen LogP contribution in [0.15, 0.2) is 41.8 Å². The molecule has 1 aromatic carbocycles. The standard InChI is InChI=1S/C22H26N6OS/c1-27(2)21-24-19(25-22(26-21)28-12-4-3-5-13-28)15-23-20(29)17-10-8-16(9-11-17)18-7-6-14-30-18/h6-11,14H,3-5,12-13,15H2,1-2H3,(H,23,29). The molecule has 1 fully saturated rings. The molecule has 0 aliphatic carbocycles. The van der Waals surface area contributed by atoms with Crippen molar-refractivity contribution in [3.8, 4) is 10.4 Å². The molecule has 4 rings (SSSR count). The van der Waals surface area contributed by atoms with Crippen LogP contribution in [-0.4, -0.2) is 48.0 Å². The number of piperidine rings is 1. The van der Waals surface area contributed by atoms with Gasteiger partial charge in [0, 0.05) is 37.6 Å². The van der Waals surface area contributed by atoms with Crippen molar-refractivity contribution in [2.24, 2.45) is 0 Å². The van der Waals surface area contributed by atoms with E-state index in [2.05, 4.69) is 31.2 Å². The molecular weight excluding hydrogens is 396 g/mol. The largest absolute Gasteiger partial charge is 0.347 e. The monoisotopic (exact) mass is 422 g/mol. The SMILES string of the molecule is CN(C)c1nc(CNC(=O)c2ccc(-c3cccs3)cc2)nc(N2CCCCC2)n1. The number of amides is 1. The number of carbonyl (C=O) groups is 1. The van der Waals surface area contributed by atoms with Crippen molar-refractivity contribution in [2.75, 3.05) is 37.0 Å². The fourth-order valence-electron chi connectivity index (χ4n) is 3.40. The molecule has 0 spiro atoms. The highest BCUT2D eigenvalue weighted by molar-refractivity contribution is 7.13. The van der Waals surface area contributed by atoms with Crippen LogP contribution in [0.4, 0.5) is 11.9 Å². The lowest BCUT2D eigenvalue weighted by molar-refractivity contribution is 0.0950. The first-order valence-electron chi connectivity index (χ1n) is 10.2. The van der Waals surface area contributed by atoms with Gasteiger partial charge in [-0.3, -0.25) is 4.79 Å². The van der Waals surface area contributed by atoms with Crippen LogP contribution >= 0.6 is 11.3 Å². The van der Waals surface area contributed by atoms with Gasteiger partial charge in [-0.05, 0) is 48.4 Å². The minimum atomic E-state index is -0.140. The lowest BCUT2D eigenvalue weighted by atomic mass is 10.1. The van der Waals surface area contributed by atoms with E-state index < -0.39 is 0 Å². The van der Waals surface area contributed by atoms with E-state index in [0.717, 1.165) is 31.5 Å². The van der Waals surface area contributed by atoms with Crippen LogP contribution in [0.2, 0.25) is 0 Å². The third-order valence-electron chi connectivity index (χ3n) is 5.06. The van der Waals surface area contributed by atoms with Crippen LogP contribution in [0, 0.1) is 0 Å². The van der Waals surface area contributed by atoms with Gasteiger partial charge in [-0.1, -0.05) is 18.2 Å². The summed E-state index contributed by atoms with van der Waals surface area (Å²) in [4.78, 5) is 31.6. The zero-order chi connectivity index (χ0) is 20.9. The zero-order valence-electron chi connectivity index (χ0n) is 17.3. The first-order valence-corrected chi connectivity index (χ1v) is 11.1. The summed E-state index contributed by atoms with van der Waals surface area (Å²) < 4.78 is 0. The minimum absolute atomic E-state index is 0.140. The third-order valence-corrected chi connectivity index (χ3v) is 5.98. The van der Waals surface area contributed by atoms with E-state index >= 15 is 0 Å². The second-order valence-corrected chi connectivity index (χ2v) is 8.48. The molecule has 7 nitrogen and oxygen atoms in total. The summed E-state index contributed by atoms with van der Waals surface area (Å²) in [5, 5.41) is 4.99. The molecule has 30 heavy (non-hydrogen) atoms. The minimum Gasteiger partial charge on any atom is -0.347 e. The van der Waals surface area contributed by atoms with Crippen molar-refractivity contribution >= 4 is 29.1 Å². The average molecular weight is 423 g/mol. The summed E-state index contributed by atoms with van der Waals surface area (Å²) in [6, 6.07) is 11.7. The van der Waals surface area contributed by atoms with Crippen molar-refractivity contribution < 1.29 is 4.79 Å². The molecule has 0 bridgehead atoms. The van der Waals surface area contributed by atoms with Crippen LogP contribution in [0.25, 0.3) is 10.4 Å². The predicted octanol–water partition coefficient (Wildman–Crippen LogP) is 3.59. The smallest absolute Gasteiger partial charge is 0.251 e. The molecule has 1 aliphatic rings. The maximum atomic E-state index is 12.6. The van der Waals surface area contributed by atoms with Gasteiger partial charge in [0.15, 0.2) is 5.82 Å². The van der Waals surface area contributed by atoms with Gasteiger partial charge >= 0.3 is 0 Å². The number of aromatic nitrogens is 3. The van der Waals surface area contributed by atoms with E-state index in [1.165, 1.54) is 11.3 Å². The molecule has 0 radical (unpaired) electrons. The number of anilines is 2. The first kappa shape index (κ1) is 20.3. The molecule has 1 saturated heterocycles. The number of nitrogens with one attached hydrogen (secondary N) is 1. The molecule has 0 unspecified atom stereocenters. The van der Waals surface area contributed by atoms with E-state index in [1.54, 1.807) is 11.3 Å². The van der Waals surface area contributed by atoms with Crippen molar-refractivity contribution in [1.29, 1.82) is 0 Å². The molecule has 2 aromatic heterocycles.